The van der Waals surface area contributed by atoms with E-state index in [4.69, 9.17) is 0 Å². The average Bonchev–Trinajstić information content (AvgIpc) is 2.94. The number of amides is 3. The number of hydrogen-bond donors (Lipinski definition) is 1. The monoisotopic (exact) mass is 344 g/mol. The lowest BCUT2D eigenvalue weighted by Crippen LogP contribution is -2.29. The lowest BCUT2D eigenvalue weighted by molar-refractivity contribution is 0.0923. The molecule has 0 aliphatic carbocycles. The highest BCUT2D eigenvalue weighted by Gasteiger charge is 2.37. The predicted molar refractivity (Wildman–Crippen MR) is 94.0 cm³/mol. The Hall–Kier alpha value is -3.87. The first-order chi connectivity index (χ1) is 12.6. The fraction of sp³-hybridized carbons (Fsp3) is 0. The van der Waals surface area contributed by atoms with Crippen molar-refractivity contribution in [2.24, 2.45) is 0 Å². The molecule has 3 heterocycles. The third kappa shape index (κ3) is 2.61. The molecule has 0 atom stereocenters. The minimum Gasteiger partial charge on any atom is -0.322 e. The van der Waals surface area contributed by atoms with E-state index in [1.807, 2.05) is 0 Å². The summed E-state index contributed by atoms with van der Waals surface area (Å²) in [4.78, 5) is 46.0. The first-order valence-corrected chi connectivity index (χ1v) is 7.80. The zero-order valence-electron chi connectivity index (χ0n) is 13.4. The molecule has 1 aromatic carbocycles. The molecule has 4 rings (SSSR count). The van der Waals surface area contributed by atoms with E-state index in [-0.39, 0.29) is 17.2 Å². The molecule has 3 aromatic rings. The van der Waals surface area contributed by atoms with Gasteiger partial charge in [-0.2, -0.15) is 0 Å². The summed E-state index contributed by atoms with van der Waals surface area (Å²) in [5.74, 6) is -1.17. The predicted octanol–water partition coefficient (Wildman–Crippen LogP) is 2.53. The van der Waals surface area contributed by atoms with Gasteiger partial charge in [0.05, 0.1) is 16.8 Å². The fourth-order valence-corrected chi connectivity index (χ4v) is 2.70. The molecule has 3 amide bonds. The summed E-state index contributed by atoms with van der Waals surface area (Å²) in [5.41, 5.74) is 1.82. The molecule has 1 N–H and O–H groups in total. The normalized spacial score (nSPS) is 12.8. The Morgan fingerprint density at radius 2 is 1.69 bits per heavy atom. The molecule has 0 saturated heterocycles. The SMILES string of the molecule is O=C(Nc1ccc(N2C(=O)c3cccnc3C2=O)cc1)c1cccnc1. The quantitative estimate of drug-likeness (QED) is 0.737. The zero-order valence-corrected chi connectivity index (χ0v) is 13.4. The highest BCUT2D eigenvalue weighted by molar-refractivity contribution is 6.33. The van der Waals surface area contributed by atoms with Crippen molar-refractivity contribution in [3.8, 4) is 0 Å². The second-order valence-electron chi connectivity index (χ2n) is 5.59. The molecule has 0 bridgehead atoms. The third-order valence-corrected chi connectivity index (χ3v) is 3.95. The van der Waals surface area contributed by atoms with Gasteiger partial charge in [0.1, 0.15) is 5.69 Å². The Bertz CT molecular complexity index is 981. The smallest absolute Gasteiger partial charge is 0.284 e. The van der Waals surface area contributed by atoms with E-state index in [2.05, 4.69) is 15.3 Å². The molecule has 126 valence electrons. The summed E-state index contributed by atoms with van der Waals surface area (Å²) in [6.07, 6.45) is 4.53. The molecule has 0 spiro atoms. The third-order valence-electron chi connectivity index (χ3n) is 3.95. The number of benzene rings is 1. The van der Waals surface area contributed by atoms with Gasteiger partial charge in [-0.25, -0.2) is 4.90 Å². The summed E-state index contributed by atoms with van der Waals surface area (Å²) in [5, 5.41) is 2.74. The molecule has 7 heteroatoms. The molecule has 1 aliphatic rings. The molecule has 7 nitrogen and oxygen atoms in total. The van der Waals surface area contributed by atoms with E-state index < -0.39 is 11.8 Å². The largest absolute Gasteiger partial charge is 0.322 e. The van der Waals surface area contributed by atoms with Gasteiger partial charge >= 0.3 is 0 Å². The van der Waals surface area contributed by atoms with Gasteiger partial charge in [0, 0.05) is 24.3 Å². The molecule has 26 heavy (non-hydrogen) atoms. The van der Waals surface area contributed by atoms with Gasteiger partial charge in [0.25, 0.3) is 17.7 Å². The number of carbonyl (C=O) groups is 3. The zero-order chi connectivity index (χ0) is 18.1. The van der Waals surface area contributed by atoms with Crippen LogP contribution in [0.3, 0.4) is 0 Å². The van der Waals surface area contributed by atoms with Crippen molar-refractivity contribution in [3.05, 3.63) is 83.9 Å². The number of fused-ring (bicyclic) bond motifs is 1. The Morgan fingerprint density at radius 1 is 0.923 bits per heavy atom. The topological polar surface area (TPSA) is 92.3 Å². The van der Waals surface area contributed by atoms with Gasteiger partial charge in [-0.05, 0) is 48.5 Å². The van der Waals surface area contributed by atoms with Gasteiger partial charge in [-0.1, -0.05) is 0 Å². The first-order valence-electron chi connectivity index (χ1n) is 7.80. The van der Waals surface area contributed by atoms with Crippen LogP contribution in [0.15, 0.2) is 67.1 Å². The van der Waals surface area contributed by atoms with Gasteiger partial charge < -0.3 is 5.32 Å². The van der Waals surface area contributed by atoms with Crippen LogP contribution in [0.25, 0.3) is 0 Å². The van der Waals surface area contributed by atoms with Crippen LogP contribution < -0.4 is 10.2 Å². The lowest BCUT2D eigenvalue weighted by atomic mass is 10.2. The van der Waals surface area contributed by atoms with Gasteiger partial charge in [-0.3, -0.25) is 24.4 Å². The van der Waals surface area contributed by atoms with Crippen LogP contribution in [0.5, 0.6) is 0 Å². The summed E-state index contributed by atoms with van der Waals surface area (Å²) in [6, 6.07) is 13.0. The number of rotatable bonds is 3. The maximum Gasteiger partial charge on any atom is 0.284 e. The van der Waals surface area contributed by atoms with Crippen molar-refractivity contribution < 1.29 is 14.4 Å². The molecule has 2 aromatic heterocycles. The van der Waals surface area contributed by atoms with Crippen molar-refractivity contribution in [1.29, 1.82) is 0 Å². The van der Waals surface area contributed by atoms with Crippen molar-refractivity contribution >= 4 is 29.1 Å². The highest BCUT2D eigenvalue weighted by Crippen LogP contribution is 2.27. The number of nitrogens with zero attached hydrogens (tertiary/aromatic N) is 3. The number of anilines is 2. The Kier molecular flexibility index (Phi) is 3.74. The van der Waals surface area contributed by atoms with Crippen LogP contribution in [-0.4, -0.2) is 27.7 Å². The van der Waals surface area contributed by atoms with E-state index >= 15 is 0 Å². The van der Waals surface area contributed by atoms with Gasteiger partial charge in [0.15, 0.2) is 0 Å². The van der Waals surface area contributed by atoms with E-state index in [0.717, 1.165) is 4.90 Å². The summed E-state index contributed by atoms with van der Waals surface area (Å²) in [7, 11) is 0. The Morgan fingerprint density at radius 3 is 2.38 bits per heavy atom. The molecule has 0 radical (unpaired) electrons. The van der Waals surface area contributed by atoms with Gasteiger partial charge in [0.2, 0.25) is 0 Å². The number of aromatic nitrogens is 2. The van der Waals surface area contributed by atoms with Crippen molar-refractivity contribution in [1.82, 2.24) is 9.97 Å². The number of pyridine rings is 2. The second kappa shape index (κ2) is 6.21. The summed E-state index contributed by atoms with van der Waals surface area (Å²) < 4.78 is 0. The number of carbonyl (C=O) groups excluding carboxylic acids is 3. The molecular formula is C19H12N4O3. The van der Waals surface area contributed by atoms with E-state index in [1.165, 1.54) is 12.4 Å². The van der Waals surface area contributed by atoms with Crippen molar-refractivity contribution in [2.45, 2.75) is 0 Å². The van der Waals surface area contributed by atoms with Crippen molar-refractivity contribution in [3.63, 3.8) is 0 Å². The maximum atomic E-state index is 12.4. The van der Waals surface area contributed by atoms with E-state index in [0.29, 0.717) is 16.9 Å². The Balaban J connectivity index is 1.55. The molecule has 1 aliphatic heterocycles. The maximum absolute atomic E-state index is 12.4. The van der Waals surface area contributed by atoms with Crippen LogP contribution in [0.2, 0.25) is 0 Å². The van der Waals surface area contributed by atoms with Crippen LogP contribution in [0, 0.1) is 0 Å². The fourth-order valence-electron chi connectivity index (χ4n) is 2.70. The molecular weight excluding hydrogens is 332 g/mol. The Labute approximate surface area is 148 Å². The van der Waals surface area contributed by atoms with E-state index in [1.54, 1.807) is 54.7 Å². The van der Waals surface area contributed by atoms with Gasteiger partial charge in [-0.15, -0.1) is 0 Å². The van der Waals surface area contributed by atoms with Crippen LogP contribution in [-0.2, 0) is 0 Å². The summed E-state index contributed by atoms with van der Waals surface area (Å²) in [6.45, 7) is 0. The van der Waals surface area contributed by atoms with Crippen LogP contribution in [0.4, 0.5) is 11.4 Å². The van der Waals surface area contributed by atoms with Crippen LogP contribution in [0.1, 0.15) is 31.2 Å². The van der Waals surface area contributed by atoms with E-state index in [9.17, 15) is 14.4 Å². The second-order valence-corrected chi connectivity index (χ2v) is 5.59. The van der Waals surface area contributed by atoms with Crippen LogP contribution >= 0.6 is 0 Å². The molecule has 0 fully saturated rings. The lowest BCUT2D eigenvalue weighted by Gasteiger charge is -2.14. The number of nitrogens with one attached hydrogen (secondary N) is 1. The minimum absolute atomic E-state index is 0.145. The number of imide groups is 1. The standard InChI is InChI=1S/C19H12N4O3/c24-17(12-3-1-9-20-11-12)22-13-5-7-14(8-6-13)23-18(25)15-4-2-10-21-16(15)19(23)26/h1-11H,(H,22,24). The first kappa shape index (κ1) is 15.6. The molecule has 0 saturated carbocycles. The minimum atomic E-state index is -0.460. The molecule has 0 unspecified atom stereocenters. The highest BCUT2D eigenvalue weighted by atomic mass is 16.2. The number of hydrogen-bond acceptors (Lipinski definition) is 5. The average molecular weight is 344 g/mol. The van der Waals surface area contributed by atoms with Crippen molar-refractivity contribution in [2.75, 3.05) is 10.2 Å². The summed E-state index contributed by atoms with van der Waals surface area (Å²) >= 11 is 0.